The highest BCUT2D eigenvalue weighted by Gasteiger charge is 2.31. The van der Waals surface area contributed by atoms with Crippen LogP contribution in [-0.2, 0) is 0 Å². The third-order valence-corrected chi connectivity index (χ3v) is 4.23. The number of hydrogen-bond acceptors (Lipinski definition) is 3. The Hall–Kier alpha value is -1.22. The topological polar surface area (TPSA) is 38.5 Å². The third kappa shape index (κ3) is 3.63. The fourth-order valence-electron chi connectivity index (χ4n) is 2.80. The number of nitrogens with zero attached hydrogens (tertiary/aromatic N) is 1. The second-order valence-corrected chi connectivity index (χ2v) is 5.95. The molecule has 0 atom stereocenters. The maximum absolute atomic E-state index is 6.02. The highest BCUT2D eigenvalue weighted by atomic mass is 16.5. The molecule has 1 aliphatic rings. The normalized spacial score (nSPS) is 18.1. The van der Waals surface area contributed by atoms with Gasteiger partial charge in [-0.3, -0.25) is 0 Å². The molecule has 19 heavy (non-hydrogen) atoms. The molecule has 0 saturated heterocycles. The first-order chi connectivity index (χ1) is 9.15. The van der Waals surface area contributed by atoms with Crippen LogP contribution in [0.1, 0.15) is 32.1 Å². The summed E-state index contributed by atoms with van der Waals surface area (Å²) in [5.74, 6) is 0.949. The number of rotatable bonds is 5. The van der Waals surface area contributed by atoms with Crippen LogP contribution < -0.4 is 15.4 Å². The maximum Gasteiger partial charge on any atom is 0.121 e. The lowest BCUT2D eigenvalue weighted by Crippen LogP contribution is -2.38. The molecule has 0 aliphatic heterocycles. The minimum absolute atomic E-state index is 0.201. The van der Waals surface area contributed by atoms with Crippen molar-refractivity contribution in [2.75, 3.05) is 32.1 Å². The number of ether oxygens (including phenoxy) is 1. The van der Waals surface area contributed by atoms with E-state index < -0.39 is 0 Å². The van der Waals surface area contributed by atoms with Crippen molar-refractivity contribution in [2.24, 2.45) is 11.1 Å². The molecule has 0 amide bonds. The summed E-state index contributed by atoms with van der Waals surface area (Å²) >= 11 is 0. The zero-order valence-corrected chi connectivity index (χ0v) is 12.2. The van der Waals surface area contributed by atoms with Crippen LogP contribution in [-0.4, -0.2) is 27.2 Å². The van der Waals surface area contributed by atoms with Crippen molar-refractivity contribution in [3.05, 3.63) is 24.3 Å². The van der Waals surface area contributed by atoms with Crippen LogP contribution in [0.5, 0.6) is 5.75 Å². The lowest BCUT2D eigenvalue weighted by Gasteiger charge is -2.35. The minimum Gasteiger partial charge on any atom is -0.493 e. The molecule has 3 nitrogen and oxygen atoms in total. The van der Waals surface area contributed by atoms with E-state index in [0.717, 1.165) is 18.9 Å². The molecule has 1 aromatic rings. The summed E-state index contributed by atoms with van der Waals surface area (Å²) in [7, 11) is 4.09. The van der Waals surface area contributed by atoms with Gasteiger partial charge in [0.05, 0.1) is 6.61 Å². The van der Waals surface area contributed by atoms with Gasteiger partial charge in [-0.1, -0.05) is 25.3 Å². The highest BCUT2D eigenvalue weighted by molar-refractivity contribution is 5.49. The summed E-state index contributed by atoms with van der Waals surface area (Å²) in [5, 5.41) is 0. The van der Waals surface area contributed by atoms with Gasteiger partial charge in [-0.2, -0.15) is 0 Å². The zero-order chi connectivity index (χ0) is 13.7. The largest absolute Gasteiger partial charge is 0.493 e. The molecule has 0 unspecified atom stereocenters. The Morgan fingerprint density at radius 1 is 1.21 bits per heavy atom. The first-order valence-electron chi connectivity index (χ1n) is 7.25. The predicted molar refractivity (Wildman–Crippen MR) is 80.8 cm³/mol. The van der Waals surface area contributed by atoms with Gasteiger partial charge in [0, 0.05) is 37.8 Å². The molecule has 0 aromatic heterocycles. The minimum atomic E-state index is 0.201. The Morgan fingerprint density at radius 3 is 2.58 bits per heavy atom. The average molecular weight is 262 g/mol. The van der Waals surface area contributed by atoms with E-state index in [4.69, 9.17) is 10.5 Å². The average Bonchev–Trinajstić information content (AvgIpc) is 2.46. The van der Waals surface area contributed by atoms with Gasteiger partial charge >= 0.3 is 0 Å². The smallest absolute Gasteiger partial charge is 0.121 e. The molecule has 0 radical (unpaired) electrons. The van der Waals surface area contributed by atoms with Crippen LogP contribution in [0.25, 0.3) is 0 Å². The molecule has 0 heterocycles. The Morgan fingerprint density at radius 2 is 1.95 bits per heavy atom. The first kappa shape index (κ1) is 14.2. The molecule has 2 rings (SSSR count). The Labute approximate surface area is 116 Å². The molecular formula is C16H26N2O. The van der Waals surface area contributed by atoms with E-state index >= 15 is 0 Å². The molecule has 0 spiro atoms. The van der Waals surface area contributed by atoms with E-state index in [-0.39, 0.29) is 5.41 Å². The Bertz CT molecular complexity index is 397. The Kier molecular flexibility index (Phi) is 4.70. The summed E-state index contributed by atoms with van der Waals surface area (Å²) < 4.78 is 6.02. The quantitative estimate of drug-likeness (QED) is 0.886. The molecule has 0 bridgehead atoms. The van der Waals surface area contributed by atoms with Gasteiger partial charge < -0.3 is 15.4 Å². The monoisotopic (exact) mass is 262 g/mol. The first-order valence-corrected chi connectivity index (χ1v) is 7.25. The van der Waals surface area contributed by atoms with Gasteiger partial charge in [0.25, 0.3) is 0 Å². The highest BCUT2D eigenvalue weighted by Crippen LogP contribution is 2.36. The van der Waals surface area contributed by atoms with E-state index in [1.54, 1.807) is 0 Å². The molecule has 1 fully saturated rings. The fraction of sp³-hybridized carbons (Fsp3) is 0.625. The summed E-state index contributed by atoms with van der Waals surface area (Å²) in [6, 6.07) is 8.25. The molecule has 2 N–H and O–H groups in total. The van der Waals surface area contributed by atoms with Crippen molar-refractivity contribution < 1.29 is 4.74 Å². The van der Waals surface area contributed by atoms with Crippen molar-refractivity contribution in [2.45, 2.75) is 32.1 Å². The molecule has 1 aromatic carbocycles. The van der Waals surface area contributed by atoms with Crippen LogP contribution in [0.2, 0.25) is 0 Å². The van der Waals surface area contributed by atoms with Gasteiger partial charge in [0.2, 0.25) is 0 Å². The lowest BCUT2D eigenvalue weighted by molar-refractivity contribution is 0.105. The molecule has 3 heteroatoms. The van der Waals surface area contributed by atoms with E-state index in [2.05, 4.69) is 17.0 Å². The van der Waals surface area contributed by atoms with Crippen LogP contribution >= 0.6 is 0 Å². The van der Waals surface area contributed by atoms with Crippen LogP contribution in [0.3, 0.4) is 0 Å². The van der Waals surface area contributed by atoms with Gasteiger partial charge in [-0.25, -0.2) is 0 Å². The number of nitrogens with two attached hydrogens (primary N) is 1. The fourth-order valence-corrected chi connectivity index (χ4v) is 2.80. The van der Waals surface area contributed by atoms with Crippen LogP contribution in [0, 0.1) is 5.41 Å². The number of anilines is 1. The van der Waals surface area contributed by atoms with Crippen molar-refractivity contribution in [1.82, 2.24) is 0 Å². The number of hydrogen-bond donors (Lipinski definition) is 1. The second-order valence-electron chi connectivity index (χ2n) is 5.95. The zero-order valence-electron chi connectivity index (χ0n) is 12.2. The molecular weight excluding hydrogens is 236 g/mol. The van der Waals surface area contributed by atoms with Gasteiger partial charge in [-0.15, -0.1) is 0 Å². The summed E-state index contributed by atoms with van der Waals surface area (Å²) in [5.41, 5.74) is 7.36. The van der Waals surface area contributed by atoms with Crippen molar-refractivity contribution >= 4 is 5.69 Å². The van der Waals surface area contributed by atoms with E-state index in [1.807, 2.05) is 26.2 Å². The van der Waals surface area contributed by atoms with Gasteiger partial charge in [-0.05, 0) is 25.0 Å². The van der Waals surface area contributed by atoms with Crippen molar-refractivity contribution in [3.8, 4) is 5.75 Å². The number of benzene rings is 1. The van der Waals surface area contributed by atoms with Gasteiger partial charge in [0.1, 0.15) is 5.75 Å². The summed E-state index contributed by atoms with van der Waals surface area (Å²) in [6.45, 7) is 1.49. The van der Waals surface area contributed by atoms with Crippen LogP contribution in [0.15, 0.2) is 24.3 Å². The Balaban J connectivity index is 1.99. The van der Waals surface area contributed by atoms with Crippen molar-refractivity contribution in [1.29, 1.82) is 0 Å². The third-order valence-electron chi connectivity index (χ3n) is 4.23. The van der Waals surface area contributed by atoms with Crippen LogP contribution in [0.4, 0.5) is 5.69 Å². The summed E-state index contributed by atoms with van der Waals surface area (Å²) in [6.07, 6.45) is 6.34. The second kappa shape index (κ2) is 6.29. The van der Waals surface area contributed by atoms with E-state index in [1.165, 1.54) is 37.8 Å². The van der Waals surface area contributed by atoms with Gasteiger partial charge in [0.15, 0.2) is 0 Å². The lowest BCUT2D eigenvalue weighted by atomic mass is 9.75. The molecule has 1 aliphatic carbocycles. The van der Waals surface area contributed by atoms with Crippen molar-refractivity contribution in [3.63, 3.8) is 0 Å². The summed E-state index contributed by atoms with van der Waals surface area (Å²) in [4.78, 5) is 2.09. The van der Waals surface area contributed by atoms with E-state index in [9.17, 15) is 0 Å². The SMILES string of the molecule is CN(C)c1cccc(OCC2(CN)CCCCC2)c1. The standard InChI is InChI=1S/C16H26N2O/c1-18(2)14-7-6-8-15(11-14)19-13-16(12-17)9-4-3-5-10-16/h6-8,11H,3-5,9-10,12-13,17H2,1-2H3. The maximum atomic E-state index is 6.02. The molecule has 1 saturated carbocycles. The van der Waals surface area contributed by atoms with E-state index in [0.29, 0.717) is 0 Å². The molecule has 106 valence electrons. The predicted octanol–water partition coefficient (Wildman–Crippen LogP) is 3.04.